The van der Waals surface area contributed by atoms with Crippen molar-refractivity contribution in [3.05, 3.63) is 157 Å². The fraction of sp³-hybridized carbons (Fsp3) is 0.212. The smallest absolute Gasteiger partial charge is 0.161 e. The van der Waals surface area contributed by atoms with Crippen LogP contribution in [0, 0.1) is 0 Å². The second-order valence-electron chi connectivity index (χ2n) is 17.4. The highest BCUT2D eigenvalue weighted by molar-refractivity contribution is 5.95. The van der Waals surface area contributed by atoms with Gasteiger partial charge in [0.2, 0.25) is 0 Å². The first kappa shape index (κ1) is 37.6. The Kier molecular flexibility index (Phi) is 9.65. The molecule has 1 N–H and O–H groups in total. The molecule has 0 spiro atoms. The van der Waals surface area contributed by atoms with Crippen LogP contribution in [0.1, 0.15) is 72.6 Å². The first-order valence-electron chi connectivity index (χ1n) is 19.8. The highest BCUT2D eigenvalue weighted by Gasteiger charge is 2.29. The van der Waals surface area contributed by atoms with Gasteiger partial charge in [-0.25, -0.2) is 9.97 Å². The van der Waals surface area contributed by atoms with E-state index in [-0.39, 0.29) is 22.6 Å². The van der Waals surface area contributed by atoms with E-state index in [1.165, 1.54) is 11.1 Å². The van der Waals surface area contributed by atoms with E-state index in [0.29, 0.717) is 5.82 Å². The highest BCUT2D eigenvalue weighted by Crippen LogP contribution is 2.44. The molecule has 8 aromatic rings. The Morgan fingerprint density at radius 2 is 1.07 bits per heavy atom. The molecule has 0 radical (unpaired) electrons. The molecule has 0 aliphatic carbocycles. The number of benzene rings is 5. The third-order valence-electron chi connectivity index (χ3n) is 10.9. The lowest BCUT2D eigenvalue weighted by molar-refractivity contribution is 0.445. The van der Waals surface area contributed by atoms with Crippen molar-refractivity contribution in [1.82, 2.24) is 19.5 Å². The van der Waals surface area contributed by atoms with Crippen molar-refractivity contribution >= 4 is 11.2 Å². The second kappa shape index (κ2) is 14.6. The van der Waals surface area contributed by atoms with Crippen molar-refractivity contribution in [3.8, 4) is 72.9 Å². The minimum Gasteiger partial charge on any atom is -0.507 e. The van der Waals surface area contributed by atoms with E-state index >= 15 is 0 Å². The second-order valence-corrected chi connectivity index (χ2v) is 17.4. The summed E-state index contributed by atoms with van der Waals surface area (Å²) in [6, 6.07) is 47.0. The number of hydrogen-bond acceptors (Lipinski definition) is 4. The maximum Gasteiger partial charge on any atom is 0.161 e. The van der Waals surface area contributed by atoms with Crippen LogP contribution >= 0.6 is 0 Å². The summed E-state index contributed by atoms with van der Waals surface area (Å²) in [5.74, 6) is 0.976. The number of rotatable bonds is 7. The molecule has 0 saturated carbocycles. The van der Waals surface area contributed by atoms with Gasteiger partial charge in [-0.3, -0.25) is 4.98 Å². The molecule has 0 aliphatic heterocycles. The summed E-state index contributed by atoms with van der Waals surface area (Å²) in [5, 5.41) is 12.0. The van der Waals surface area contributed by atoms with Gasteiger partial charge >= 0.3 is 0 Å². The fourth-order valence-electron chi connectivity index (χ4n) is 7.69. The van der Waals surface area contributed by atoms with Crippen molar-refractivity contribution in [2.45, 2.75) is 72.3 Å². The van der Waals surface area contributed by atoms with Crippen molar-refractivity contribution in [1.29, 1.82) is 0 Å². The molecular weight excluding hydrogens is 697 g/mol. The van der Waals surface area contributed by atoms with Crippen molar-refractivity contribution in [3.63, 3.8) is 0 Å². The molecule has 8 rings (SSSR count). The Morgan fingerprint density at radius 3 is 1.68 bits per heavy atom. The molecule has 0 saturated heterocycles. The number of hydrogen-bond donors (Lipinski definition) is 1. The number of imidazole rings is 1. The summed E-state index contributed by atoms with van der Waals surface area (Å²) in [6.07, 6.45) is 3.77. The molecule has 0 aliphatic rings. The number of phenolic OH excluding ortho intramolecular Hbond substituents is 1. The van der Waals surface area contributed by atoms with Crippen LogP contribution in [0.25, 0.3) is 78.3 Å². The summed E-state index contributed by atoms with van der Waals surface area (Å²) in [5.41, 5.74) is 14.6. The Balaban J connectivity index is 1.30. The topological polar surface area (TPSA) is 63.8 Å². The number of aromatic nitrogens is 4. The van der Waals surface area contributed by atoms with Crippen molar-refractivity contribution in [2.75, 3.05) is 0 Å². The minimum absolute atomic E-state index is 0.0310. The van der Waals surface area contributed by atoms with Crippen molar-refractivity contribution in [2.24, 2.45) is 0 Å². The van der Waals surface area contributed by atoms with Gasteiger partial charge in [-0.05, 0) is 112 Å². The molecule has 0 bridgehead atoms. The summed E-state index contributed by atoms with van der Waals surface area (Å²) >= 11 is 0. The molecule has 3 aromatic heterocycles. The largest absolute Gasteiger partial charge is 0.507 e. The van der Waals surface area contributed by atoms with E-state index < -0.39 is 0 Å². The van der Waals surface area contributed by atoms with E-state index in [1.54, 1.807) is 0 Å². The summed E-state index contributed by atoms with van der Waals surface area (Å²) < 4.78 is 2.17. The zero-order valence-electron chi connectivity index (χ0n) is 34.2. The van der Waals surface area contributed by atoms with Gasteiger partial charge in [0.15, 0.2) is 5.65 Å². The summed E-state index contributed by atoms with van der Waals surface area (Å²) in [7, 11) is 0. The van der Waals surface area contributed by atoms with Gasteiger partial charge in [0.25, 0.3) is 0 Å². The normalized spacial score (nSPS) is 12.1. The average molecular weight is 747 g/mol. The van der Waals surface area contributed by atoms with E-state index in [9.17, 15) is 5.11 Å². The van der Waals surface area contributed by atoms with Gasteiger partial charge in [-0.2, -0.15) is 0 Å². The standard InChI is InChI=1S/C52H50N4O/c1-33(2)56-49(44-31-42(51(3,4)5)32-45(48(44)57)52(6,7)8)55-47-43(24-26-54-50(47)56)40-27-39(35-17-13-10-14-18-35)28-41(29-40)46-30-38(23-25-53-46)37-21-19-36(20-22-37)34-15-11-9-12-16-34/h9-33,57H,1-8H3. The van der Waals surface area contributed by atoms with Crippen LogP contribution in [-0.2, 0) is 10.8 Å². The number of nitrogens with zero attached hydrogens (tertiary/aromatic N) is 4. The van der Waals surface area contributed by atoms with Gasteiger partial charge < -0.3 is 9.67 Å². The van der Waals surface area contributed by atoms with E-state index in [1.807, 2.05) is 24.5 Å². The first-order valence-corrected chi connectivity index (χ1v) is 19.8. The third-order valence-corrected chi connectivity index (χ3v) is 10.9. The quantitative estimate of drug-likeness (QED) is 0.176. The Labute approximate surface area is 336 Å². The van der Waals surface area contributed by atoms with Crippen LogP contribution in [-0.4, -0.2) is 24.6 Å². The number of aromatic hydroxyl groups is 1. The van der Waals surface area contributed by atoms with Crippen LogP contribution in [0.4, 0.5) is 0 Å². The predicted molar refractivity (Wildman–Crippen MR) is 237 cm³/mol. The minimum atomic E-state index is -0.274. The van der Waals surface area contributed by atoms with Crippen LogP contribution in [0.3, 0.4) is 0 Å². The van der Waals surface area contributed by atoms with Crippen LogP contribution in [0.2, 0.25) is 0 Å². The molecule has 5 heteroatoms. The maximum atomic E-state index is 12.0. The zero-order valence-corrected chi connectivity index (χ0v) is 34.2. The summed E-state index contributed by atoms with van der Waals surface area (Å²) in [6.45, 7) is 17.4. The molecule has 5 aromatic carbocycles. The van der Waals surface area contributed by atoms with E-state index in [4.69, 9.17) is 15.0 Å². The Morgan fingerprint density at radius 1 is 0.509 bits per heavy atom. The molecule has 0 atom stereocenters. The van der Waals surface area contributed by atoms with Gasteiger partial charge in [0.1, 0.15) is 17.1 Å². The Bertz CT molecular complexity index is 2710. The molecule has 0 amide bonds. The van der Waals surface area contributed by atoms with Crippen molar-refractivity contribution < 1.29 is 5.11 Å². The summed E-state index contributed by atoms with van der Waals surface area (Å²) in [4.78, 5) is 15.3. The monoisotopic (exact) mass is 746 g/mol. The number of fused-ring (bicyclic) bond motifs is 1. The molecule has 0 fully saturated rings. The lowest BCUT2D eigenvalue weighted by Crippen LogP contribution is -2.17. The lowest BCUT2D eigenvalue weighted by atomic mass is 9.79. The number of pyridine rings is 2. The van der Waals surface area contributed by atoms with Gasteiger partial charge in [-0.15, -0.1) is 0 Å². The molecule has 0 unspecified atom stereocenters. The zero-order chi connectivity index (χ0) is 40.1. The Hall–Kier alpha value is -6.33. The van der Waals surface area contributed by atoms with Crippen LogP contribution < -0.4 is 0 Å². The van der Waals surface area contributed by atoms with E-state index in [2.05, 4.69) is 181 Å². The van der Waals surface area contributed by atoms with Crippen LogP contribution in [0.15, 0.2) is 146 Å². The molecule has 5 nitrogen and oxygen atoms in total. The average Bonchev–Trinajstić information content (AvgIpc) is 3.61. The highest BCUT2D eigenvalue weighted by atomic mass is 16.3. The molecule has 57 heavy (non-hydrogen) atoms. The van der Waals surface area contributed by atoms with Gasteiger partial charge in [0, 0.05) is 35.1 Å². The molecular formula is C52H50N4O. The molecule has 3 heterocycles. The van der Waals surface area contributed by atoms with E-state index in [0.717, 1.165) is 72.5 Å². The maximum absolute atomic E-state index is 12.0. The van der Waals surface area contributed by atoms with Crippen LogP contribution in [0.5, 0.6) is 5.75 Å². The predicted octanol–water partition coefficient (Wildman–Crippen LogP) is 13.7. The van der Waals surface area contributed by atoms with Gasteiger partial charge in [-0.1, -0.05) is 133 Å². The molecule has 284 valence electrons. The van der Waals surface area contributed by atoms with Gasteiger partial charge in [0.05, 0.1) is 11.3 Å². The number of phenols is 1. The fourth-order valence-corrected chi connectivity index (χ4v) is 7.69. The first-order chi connectivity index (χ1) is 27.3. The SMILES string of the molecule is CC(C)n1c(-c2cc(C(C)(C)C)cc(C(C)(C)C)c2O)nc2c(-c3cc(-c4ccccc4)cc(-c4cc(-c5ccc(-c6ccccc6)cc5)ccn4)c3)ccnc21. The third kappa shape index (κ3) is 7.38. The lowest BCUT2D eigenvalue weighted by Gasteiger charge is -2.27.